The van der Waals surface area contributed by atoms with Crippen LogP contribution in [0.5, 0.6) is 5.75 Å². The average Bonchev–Trinajstić information content (AvgIpc) is 2.54. The number of carbonyl (C=O) groups is 1. The van der Waals surface area contributed by atoms with Crippen molar-refractivity contribution in [3.05, 3.63) is 65.2 Å². The molecule has 3 nitrogen and oxygen atoms in total. The van der Waals surface area contributed by atoms with E-state index in [9.17, 15) is 13.6 Å². The first-order valence-corrected chi connectivity index (χ1v) is 7.05. The Morgan fingerprint density at radius 2 is 1.73 bits per heavy atom. The number of para-hydroxylation sites is 1. The Hall–Kier alpha value is -2.43. The monoisotopic (exact) mass is 303 g/mol. The number of halogens is 2. The molecule has 1 amide bonds. The molecule has 0 bridgehead atoms. The van der Waals surface area contributed by atoms with Crippen molar-refractivity contribution < 1.29 is 18.3 Å². The number of benzene rings is 2. The molecular formula is C17H15F2NO2. The van der Waals surface area contributed by atoms with Crippen LogP contribution in [0.1, 0.15) is 21.5 Å². The zero-order valence-electron chi connectivity index (χ0n) is 11.8. The van der Waals surface area contributed by atoms with Gasteiger partial charge in [-0.1, -0.05) is 36.4 Å². The van der Waals surface area contributed by atoms with Gasteiger partial charge < -0.3 is 9.64 Å². The first-order chi connectivity index (χ1) is 10.6. The van der Waals surface area contributed by atoms with Crippen molar-refractivity contribution in [2.75, 3.05) is 6.54 Å². The Morgan fingerprint density at radius 3 is 2.50 bits per heavy atom. The van der Waals surface area contributed by atoms with Crippen molar-refractivity contribution in [2.45, 2.75) is 19.6 Å². The molecule has 0 aromatic heterocycles. The van der Waals surface area contributed by atoms with E-state index in [0.29, 0.717) is 13.1 Å². The van der Waals surface area contributed by atoms with E-state index in [0.717, 1.165) is 12.0 Å². The van der Waals surface area contributed by atoms with Crippen LogP contribution < -0.4 is 4.74 Å². The van der Waals surface area contributed by atoms with Crippen LogP contribution in [0.2, 0.25) is 0 Å². The Labute approximate surface area is 127 Å². The summed E-state index contributed by atoms with van der Waals surface area (Å²) in [7, 11) is 0. The van der Waals surface area contributed by atoms with Gasteiger partial charge in [-0.2, -0.15) is 8.78 Å². The van der Waals surface area contributed by atoms with E-state index in [-0.39, 0.29) is 17.2 Å². The normalized spacial score (nSPS) is 13.9. The molecule has 0 aliphatic carbocycles. The van der Waals surface area contributed by atoms with E-state index in [4.69, 9.17) is 0 Å². The molecule has 1 aliphatic heterocycles. The SMILES string of the molecule is O=C(c1ccccc1OC(F)F)N1CCc2ccccc2C1. The van der Waals surface area contributed by atoms with Crippen molar-refractivity contribution in [2.24, 2.45) is 0 Å². The highest BCUT2D eigenvalue weighted by Gasteiger charge is 2.24. The van der Waals surface area contributed by atoms with Gasteiger partial charge in [0.05, 0.1) is 5.56 Å². The summed E-state index contributed by atoms with van der Waals surface area (Å²) in [5, 5.41) is 0. The third-order valence-electron chi connectivity index (χ3n) is 3.75. The summed E-state index contributed by atoms with van der Waals surface area (Å²) in [6.07, 6.45) is 0.764. The fourth-order valence-electron chi connectivity index (χ4n) is 2.68. The lowest BCUT2D eigenvalue weighted by Crippen LogP contribution is -2.36. The van der Waals surface area contributed by atoms with Gasteiger partial charge in [-0.05, 0) is 29.7 Å². The molecule has 5 heteroatoms. The van der Waals surface area contributed by atoms with Crippen LogP contribution in [-0.4, -0.2) is 24.0 Å². The predicted molar refractivity (Wildman–Crippen MR) is 78.0 cm³/mol. The Kier molecular flexibility index (Phi) is 4.04. The van der Waals surface area contributed by atoms with Crippen molar-refractivity contribution in [3.8, 4) is 5.75 Å². The van der Waals surface area contributed by atoms with Crippen LogP contribution in [0.25, 0.3) is 0 Å². The third kappa shape index (κ3) is 2.93. The van der Waals surface area contributed by atoms with E-state index >= 15 is 0 Å². The minimum atomic E-state index is -2.95. The average molecular weight is 303 g/mol. The number of amides is 1. The molecule has 3 rings (SSSR count). The summed E-state index contributed by atoms with van der Waals surface area (Å²) in [6.45, 7) is -1.90. The Bertz CT molecular complexity index is 688. The standard InChI is InChI=1S/C17H15F2NO2/c18-17(19)22-15-8-4-3-7-14(15)16(21)20-10-9-12-5-1-2-6-13(12)11-20/h1-8,17H,9-11H2. The molecule has 0 saturated carbocycles. The van der Waals surface area contributed by atoms with Crippen molar-refractivity contribution in [3.63, 3.8) is 0 Å². The van der Waals surface area contributed by atoms with Gasteiger partial charge in [-0.15, -0.1) is 0 Å². The second-order valence-electron chi connectivity index (χ2n) is 5.12. The molecule has 22 heavy (non-hydrogen) atoms. The van der Waals surface area contributed by atoms with Crippen LogP contribution in [0.4, 0.5) is 8.78 Å². The van der Waals surface area contributed by atoms with Crippen LogP contribution in [0.15, 0.2) is 48.5 Å². The predicted octanol–water partition coefficient (Wildman–Crippen LogP) is 3.49. The van der Waals surface area contributed by atoms with E-state index in [1.54, 1.807) is 17.0 Å². The number of hydrogen-bond acceptors (Lipinski definition) is 2. The summed E-state index contributed by atoms with van der Waals surface area (Å²) >= 11 is 0. The lowest BCUT2D eigenvalue weighted by Gasteiger charge is -2.29. The molecular weight excluding hydrogens is 288 g/mol. The second-order valence-corrected chi connectivity index (χ2v) is 5.12. The lowest BCUT2D eigenvalue weighted by atomic mass is 9.99. The molecule has 1 heterocycles. The van der Waals surface area contributed by atoms with Crippen LogP contribution >= 0.6 is 0 Å². The fraction of sp³-hybridized carbons (Fsp3) is 0.235. The molecule has 1 aliphatic rings. The van der Waals surface area contributed by atoms with Crippen molar-refractivity contribution in [1.82, 2.24) is 4.90 Å². The highest BCUT2D eigenvalue weighted by atomic mass is 19.3. The quantitative estimate of drug-likeness (QED) is 0.868. The van der Waals surface area contributed by atoms with E-state index in [1.807, 2.05) is 24.3 Å². The summed E-state index contributed by atoms with van der Waals surface area (Å²) < 4.78 is 29.4. The van der Waals surface area contributed by atoms with Gasteiger partial charge in [0.15, 0.2) is 0 Å². The minimum Gasteiger partial charge on any atom is -0.434 e. The number of fused-ring (bicyclic) bond motifs is 1. The molecule has 0 unspecified atom stereocenters. The molecule has 0 saturated heterocycles. The van der Waals surface area contributed by atoms with E-state index in [2.05, 4.69) is 4.74 Å². The molecule has 2 aromatic rings. The maximum absolute atomic E-state index is 12.6. The number of rotatable bonds is 3. The molecule has 0 N–H and O–H groups in total. The van der Waals surface area contributed by atoms with Crippen LogP contribution in [0.3, 0.4) is 0 Å². The summed E-state index contributed by atoms with van der Waals surface area (Å²) in [5.41, 5.74) is 2.49. The first-order valence-electron chi connectivity index (χ1n) is 7.05. The van der Waals surface area contributed by atoms with Crippen LogP contribution in [-0.2, 0) is 13.0 Å². The zero-order chi connectivity index (χ0) is 15.5. The topological polar surface area (TPSA) is 29.5 Å². The number of ether oxygens (including phenoxy) is 1. The second kappa shape index (κ2) is 6.13. The van der Waals surface area contributed by atoms with Gasteiger partial charge in [0.1, 0.15) is 5.75 Å². The lowest BCUT2D eigenvalue weighted by molar-refractivity contribution is -0.0503. The number of hydrogen-bond donors (Lipinski definition) is 0. The number of carbonyl (C=O) groups excluding carboxylic acids is 1. The van der Waals surface area contributed by atoms with Crippen LogP contribution in [0, 0.1) is 0 Å². The summed E-state index contributed by atoms with van der Waals surface area (Å²) in [5.74, 6) is -0.368. The molecule has 0 atom stereocenters. The molecule has 2 aromatic carbocycles. The van der Waals surface area contributed by atoms with E-state index in [1.165, 1.54) is 17.7 Å². The maximum Gasteiger partial charge on any atom is 0.387 e. The number of nitrogens with zero attached hydrogens (tertiary/aromatic N) is 1. The molecule has 0 spiro atoms. The van der Waals surface area contributed by atoms with Crippen molar-refractivity contribution in [1.29, 1.82) is 0 Å². The Morgan fingerprint density at radius 1 is 1.05 bits per heavy atom. The smallest absolute Gasteiger partial charge is 0.387 e. The molecule has 0 fully saturated rings. The first kappa shape index (κ1) is 14.5. The zero-order valence-corrected chi connectivity index (χ0v) is 11.8. The van der Waals surface area contributed by atoms with Crippen molar-refractivity contribution >= 4 is 5.91 Å². The number of alkyl halides is 2. The van der Waals surface area contributed by atoms with Gasteiger partial charge >= 0.3 is 6.61 Å². The minimum absolute atomic E-state index is 0.0821. The summed E-state index contributed by atoms with van der Waals surface area (Å²) in [6, 6.07) is 14.0. The van der Waals surface area contributed by atoms with Gasteiger partial charge in [-0.25, -0.2) is 0 Å². The molecule has 0 radical (unpaired) electrons. The third-order valence-corrected chi connectivity index (χ3v) is 3.75. The van der Waals surface area contributed by atoms with Gasteiger partial charge in [0.25, 0.3) is 5.91 Å². The largest absolute Gasteiger partial charge is 0.434 e. The van der Waals surface area contributed by atoms with Gasteiger partial charge in [0, 0.05) is 13.1 Å². The molecule has 114 valence electrons. The Balaban J connectivity index is 1.84. The highest BCUT2D eigenvalue weighted by Crippen LogP contribution is 2.25. The highest BCUT2D eigenvalue weighted by molar-refractivity contribution is 5.97. The van der Waals surface area contributed by atoms with Gasteiger partial charge in [-0.3, -0.25) is 4.79 Å². The summed E-state index contributed by atoms with van der Waals surface area (Å²) in [4.78, 5) is 14.3. The van der Waals surface area contributed by atoms with E-state index < -0.39 is 6.61 Å². The van der Waals surface area contributed by atoms with Gasteiger partial charge in [0.2, 0.25) is 0 Å². The maximum atomic E-state index is 12.6. The fourth-order valence-corrected chi connectivity index (χ4v) is 2.68.